The molecule has 3 nitrogen and oxygen atoms in total. The molecule has 7 heteroatoms. The van der Waals surface area contributed by atoms with Crippen molar-refractivity contribution in [3.63, 3.8) is 0 Å². The van der Waals surface area contributed by atoms with Gasteiger partial charge in [-0.25, -0.2) is 22.4 Å². The zero-order valence-electron chi connectivity index (χ0n) is 7.62. The normalized spacial score (nSPS) is 14.6. The van der Waals surface area contributed by atoms with E-state index in [4.69, 9.17) is 10.2 Å². The molecule has 0 aliphatic carbocycles. The summed E-state index contributed by atoms with van der Waals surface area (Å²) < 4.78 is 50.9. The lowest BCUT2D eigenvalue weighted by Crippen LogP contribution is -2.24. The van der Waals surface area contributed by atoms with Crippen LogP contribution in [0.15, 0.2) is 12.1 Å². The first-order valence-electron chi connectivity index (χ1n) is 4.04. The second-order valence-electron chi connectivity index (χ2n) is 2.97. The van der Waals surface area contributed by atoms with E-state index >= 15 is 0 Å². The molecule has 0 aliphatic heterocycles. The van der Waals surface area contributed by atoms with Gasteiger partial charge in [-0.15, -0.1) is 0 Å². The highest BCUT2D eigenvalue weighted by molar-refractivity contribution is 5.73. The van der Waals surface area contributed by atoms with Crippen molar-refractivity contribution in [2.45, 2.75) is 12.3 Å². The molecule has 0 amide bonds. The zero-order chi connectivity index (χ0) is 12.5. The van der Waals surface area contributed by atoms with Crippen LogP contribution in [0.1, 0.15) is 11.7 Å². The highest BCUT2D eigenvalue weighted by Crippen LogP contribution is 2.24. The van der Waals surface area contributed by atoms with Crippen LogP contribution in [-0.2, 0) is 4.79 Å². The van der Waals surface area contributed by atoms with E-state index in [2.05, 4.69) is 0 Å². The number of benzene rings is 1. The molecule has 88 valence electrons. The number of hydrogen-bond donors (Lipinski definition) is 2. The van der Waals surface area contributed by atoms with E-state index in [0.717, 1.165) is 0 Å². The Morgan fingerprint density at radius 1 is 1.12 bits per heavy atom. The summed E-state index contributed by atoms with van der Waals surface area (Å²) in [6.45, 7) is 0. The molecule has 0 aromatic heterocycles. The molecule has 0 bridgehead atoms. The summed E-state index contributed by atoms with van der Waals surface area (Å²) >= 11 is 0. The Bertz CT molecular complexity index is 421. The van der Waals surface area contributed by atoms with Gasteiger partial charge in [0.25, 0.3) is 0 Å². The van der Waals surface area contributed by atoms with Crippen molar-refractivity contribution in [3.8, 4) is 0 Å². The van der Waals surface area contributed by atoms with Gasteiger partial charge in [0.05, 0.1) is 0 Å². The minimum Gasteiger partial charge on any atom is -0.479 e. The van der Waals surface area contributed by atoms with E-state index in [1.165, 1.54) is 0 Å². The van der Waals surface area contributed by atoms with Crippen molar-refractivity contribution in [2.75, 3.05) is 0 Å². The molecule has 0 saturated heterocycles. The summed E-state index contributed by atoms with van der Waals surface area (Å²) in [4.78, 5) is 10.2. The van der Waals surface area contributed by atoms with E-state index in [1.54, 1.807) is 0 Å². The Morgan fingerprint density at radius 2 is 1.62 bits per heavy atom. The largest absolute Gasteiger partial charge is 0.479 e. The minimum atomic E-state index is -2.82. The van der Waals surface area contributed by atoms with Crippen molar-refractivity contribution < 1.29 is 32.6 Å². The molecule has 2 unspecified atom stereocenters. The Hall–Kier alpha value is -1.63. The fraction of sp³-hybridized carbons (Fsp3) is 0.222. The van der Waals surface area contributed by atoms with Gasteiger partial charge >= 0.3 is 5.97 Å². The van der Waals surface area contributed by atoms with Crippen molar-refractivity contribution in [3.05, 3.63) is 35.1 Å². The van der Waals surface area contributed by atoms with E-state index in [9.17, 15) is 22.4 Å². The summed E-state index contributed by atoms with van der Waals surface area (Å²) in [5.41, 5.74) is -0.950. The molecule has 0 fully saturated rings. The number of carbonyl (C=O) groups is 1. The van der Waals surface area contributed by atoms with Gasteiger partial charge in [-0.1, -0.05) is 0 Å². The predicted molar refractivity (Wildman–Crippen MR) is 43.8 cm³/mol. The van der Waals surface area contributed by atoms with Crippen molar-refractivity contribution in [2.24, 2.45) is 0 Å². The first-order chi connectivity index (χ1) is 7.34. The van der Waals surface area contributed by atoms with Gasteiger partial charge in [0, 0.05) is 11.6 Å². The van der Waals surface area contributed by atoms with Crippen LogP contribution in [0.4, 0.5) is 17.6 Å². The van der Waals surface area contributed by atoms with Gasteiger partial charge in [-0.2, -0.15) is 0 Å². The lowest BCUT2D eigenvalue weighted by Gasteiger charge is -2.13. The highest BCUT2D eigenvalue weighted by atomic mass is 19.2. The molecule has 0 aliphatic rings. The Kier molecular flexibility index (Phi) is 3.48. The molecule has 2 atom stereocenters. The molecule has 0 spiro atoms. The summed E-state index contributed by atoms with van der Waals surface area (Å²) in [5, 5.41) is 17.3. The molecule has 16 heavy (non-hydrogen) atoms. The van der Waals surface area contributed by atoms with Crippen LogP contribution >= 0.6 is 0 Å². The van der Waals surface area contributed by atoms with Crippen molar-refractivity contribution >= 4 is 5.97 Å². The average molecular weight is 238 g/mol. The SMILES string of the molecule is O=C(O)C(F)C(O)c1cc(F)c(F)cc1F. The zero-order valence-corrected chi connectivity index (χ0v) is 7.62. The molecular weight excluding hydrogens is 232 g/mol. The summed E-state index contributed by atoms with van der Waals surface area (Å²) in [5.74, 6) is -6.47. The van der Waals surface area contributed by atoms with Crippen LogP contribution in [0.3, 0.4) is 0 Å². The first-order valence-corrected chi connectivity index (χ1v) is 4.04. The second-order valence-corrected chi connectivity index (χ2v) is 2.97. The Balaban J connectivity index is 3.13. The number of aliphatic hydroxyl groups excluding tert-OH is 1. The maximum Gasteiger partial charge on any atom is 0.341 e. The number of hydrogen-bond acceptors (Lipinski definition) is 2. The fourth-order valence-corrected chi connectivity index (χ4v) is 1.06. The van der Waals surface area contributed by atoms with Crippen LogP contribution < -0.4 is 0 Å². The summed E-state index contributed by atoms with van der Waals surface area (Å²) in [6.07, 6.45) is -5.22. The summed E-state index contributed by atoms with van der Waals surface area (Å²) in [7, 11) is 0. The van der Waals surface area contributed by atoms with E-state index in [1.807, 2.05) is 0 Å². The number of rotatable bonds is 3. The smallest absolute Gasteiger partial charge is 0.341 e. The number of carboxylic acid groups (broad SMARTS) is 1. The third kappa shape index (κ3) is 2.30. The minimum absolute atomic E-state index is 0.0997. The van der Waals surface area contributed by atoms with Crippen molar-refractivity contribution in [1.29, 1.82) is 0 Å². The number of aliphatic hydroxyl groups is 1. The Labute approximate surface area is 86.9 Å². The number of halogens is 4. The molecule has 0 saturated carbocycles. The fourth-order valence-electron chi connectivity index (χ4n) is 1.06. The van der Waals surface area contributed by atoms with Gasteiger partial charge in [0.2, 0.25) is 6.17 Å². The lowest BCUT2D eigenvalue weighted by molar-refractivity contribution is -0.147. The molecule has 2 N–H and O–H groups in total. The van der Waals surface area contributed by atoms with Gasteiger partial charge in [-0.3, -0.25) is 0 Å². The molecule has 0 radical (unpaired) electrons. The predicted octanol–water partition coefficient (Wildman–Crippen LogP) is 1.56. The third-order valence-corrected chi connectivity index (χ3v) is 1.87. The van der Waals surface area contributed by atoms with Crippen LogP contribution in [0.25, 0.3) is 0 Å². The van der Waals surface area contributed by atoms with Gasteiger partial charge in [0.1, 0.15) is 11.9 Å². The summed E-state index contributed by atoms with van der Waals surface area (Å²) in [6, 6.07) is 0.313. The maximum atomic E-state index is 13.0. The van der Waals surface area contributed by atoms with Crippen LogP contribution in [-0.4, -0.2) is 22.4 Å². The molecule has 0 heterocycles. The van der Waals surface area contributed by atoms with E-state index in [0.29, 0.717) is 0 Å². The second kappa shape index (κ2) is 4.48. The number of aliphatic carboxylic acids is 1. The molecule has 1 aromatic rings. The van der Waals surface area contributed by atoms with E-state index in [-0.39, 0.29) is 12.1 Å². The molecule has 1 aromatic carbocycles. The van der Waals surface area contributed by atoms with Crippen LogP contribution in [0, 0.1) is 17.5 Å². The first kappa shape index (κ1) is 12.4. The van der Waals surface area contributed by atoms with Crippen LogP contribution in [0.2, 0.25) is 0 Å². The third-order valence-electron chi connectivity index (χ3n) is 1.87. The quantitative estimate of drug-likeness (QED) is 0.620. The molecule has 1 rings (SSSR count). The van der Waals surface area contributed by atoms with Gasteiger partial charge in [-0.05, 0) is 6.07 Å². The number of alkyl halides is 1. The Morgan fingerprint density at radius 3 is 2.12 bits per heavy atom. The van der Waals surface area contributed by atoms with Crippen LogP contribution in [0.5, 0.6) is 0 Å². The van der Waals surface area contributed by atoms with Gasteiger partial charge < -0.3 is 10.2 Å². The van der Waals surface area contributed by atoms with Crippen molar-refractivity contribution in [1.82, 2.24) is 0 Å². The van der Waals surface area contributed by atoms with E-state index < -0.39 is 41.3 Å². The highest BCUT2D eigenvalue weighted by Gasteiger charge is 2.30. The maximum absolute atomic E-state index is 13.0. The standard InChI is InChI=1S/C9H6F4O3/c10-4-2-6(12)5(11)1-3(4)8(14)7(13)9(15)16/h1-2,7-8,14H,(H,15,16). The van der Waals surface area contributed by atoms with Gasteiger partial charge in [0.15, 0.2) is 11.6 Å². The number of carboxylic acids is 1. The monoisotopic (exact) mass is 238 g/mol. The average Bonchev–Trinajstić information content (AvgIpc) is 2.21. The molecular formula is C9H6F4O3. The topological polar surface area (TPSA) is 57.5 Å². The lowest BCUT2D eigenvalue weighted by atomic mass is 10.0.